The predicted molar refractivity (Wildman–Crippen MR) is 112 cm³/mol. The summed E-state index contributed by atoms with van der Waals surface area (Å²) >= 11 is 1.34. The largest absolute Gasteiger partial charge is 0.379 e. The van der Waals surface area contributed by atoms with Crippen LogP contribution >= 0.6 is 11.3 Å². The van der Waals surface area contributed by atoms with E-state index in [1.165, 1.54) is 21.7 Å². The Morgan fingerprint density at radius 1 is 1.14 bits per heavy atom. The van der Waals surface area contributed by atoms with Crippen molar-refractivity contribution in [2.75, 3.05) is 31.6 Å². The van der Waals surface area contributed by atoms with E-state index < -0.39 is 10.0 Å². The maximum absolute atomic E-state index is 13.0. The van der Waals surface area contributed by atoms with Gasteiger partial charge in [-0.1, -0.05) is 6.07 Å². The van der Waals surface area contributed by atoms with Crippen molar-refractivity contribution in [1.29, 1.82) is 0 Å². The van der Waals surface area contributed by atoms with E-state index >= 15 is 0 Å². The topological polar surface area (TPSA) is 80.6 Å². The second-order valence-corrected chi connectivity index (χ2v) is 9.50. The first kappa shape index (κ1) is 19.8. The van der Waals surface area contributed by atoms with Crippen LogP contribution in [0.4, 0.5) is 5.69 Å². The minimum atomic E-state index is -3.65. The number of anilines is 1. The van der Waals surface area contributed by atoms with E-state index in [1.54, 1.807) is 19.1 Å². The monoisotopic (exact) mass is 431 g/mol. The number of sulfonamides is 1. The molecule has 0 aliphatic carbocycles. The van der Waals surface area contributed by atoms with Gasteiger partial charge in [-0.3, -0.25) is 4.79 Å². The van der Waals surface area contributed by atoms with Crippen LogP contribution < -0.4 is 5.32 Å². The summed E-state index contributed by atoms with van der Waals surface area (Å²) in [6, 6.07) is 10.6. The maximum Gasteiger partial charge on any atom is 0.267 e. The average Bonchev–Trinajstić information content (AvgIpc) is 3.41. The fraction of sp³-hybridized carbons (Fsp3) is 0.250. The molecule has 1 aromatic carbocycles. The van der Waals surface area contributed by atoms with E-state index in [1.807, 2.05) is 40.5 Å². The van der Waals surface area contributed by atoms with Crippen molar-refractivity contribution >= 4 is 33.0 Å². The first-order valence-corrected chi connectivity index (χ1v) is 11.5. The van der Waals surface area contributed by atoms with E-state index in [0.29, 0.717) is 42.4 Å². The van der Waals surface area contributed by atoms with Crippen molar-refractivity contribution < 1.29 is 17.9 Å². The lowest BCUT2D eigenvalue weighted by Crippen LogP contribution is -2.40. The van der Waals surface area contributed by atoms with Crippen LogP contribution in [0.5, 0.6) is 0 Å². The molecule has 3 heterocycles. The molecule has 0 unspecified atom stereocenters. The molecular weight excluding hydrogens is 410 g/mol. The number of amides is 1. The van der Waals surface area contributed by atoms with Crippen molar-refractivity contribution in [1.82, 2.24) is 8.87 Å². The molecule has 7 nitrogen and oxygen atoms in total. The number of ether oxygens (including phenoxy) is 1. The number of hydrogen-bond acceptors (Lipinski definition) is 5. The minimum absolute atomic E-state index is 0.203. The Morgan fingerprint density at radius 2 is 1.86 bits per heavy atom. The Balaban J connectivity index is 1.60. The summed E-state index contributed by atoms with van der Waals surface area (Å²) in [5, 5.41) is 4.69. The zero-order valence-corrected chi connectivity index (χ0v) is 17.5. The van der Waals surface area contributed by atoms with Crippen LogP contribution in [-0.2, 0) is 14.8 Å². The number of benzene rings is 1. The van der Waals surface area contributed by atoms with Gasteiger partial charge in [-0.15, -0.1) is 11.3 Å². The molecule has 0 spiro atoms. The van der Waals surface area contributed by atoms with E-state index in [0.717, 1.165) is 5.69 Å². The fourth-order valence-electron chi connectivity index (χ4n) is 3.24. The summed E-state index contributed by atoms with van der Waals surface area (Å²) in [6.07, 6.45) is 3.75. The third kappa shape index (κ3) is 3.99. The molecule has 1 fully saturated rings. The number of thiophene rings is 1. The molecule has 0 atom stereocenters. The Hall–Kier alpha value is -2.46. The first-order valence-electron chi connectivity index (χ1n) is 9.17. The molecule has 1 saturated heterocycles. The quantitative estimate of drug-likeness (QED) is 0.673. The second kappa shape index (κ2) is 8.11. The van der Waals surface area contributed by atoms with Gasteiger partial charge >= 0.3 is 0 Å². The van der Waals surface area contributed by atoms with Gasteiger partial charge in [0, 0.05) is 31.2 Å². The van der Waals surface area contributed by atoms with Crippen molar-refractivity contribution in [3.8, 4) is 5.69 Å². The Morgan fingerprint density at radius 3 is 2.59 bits per heavy atom. The van der Waals surface area contributed by atoms with Crippen LogP contribution in [0.25, 0.3) is 5.69 Å². The molecule has 0 saturated carbocycles. The van der Waals surface area contributed by atoms with Gasteiger partial charge in [0.05, 0.1) is 23.8 Å². The highest BCUT2D eigenvalue weighted by Gasteiger charge is 2.28. The number of hydrogen-bond donors (Lipinski definition) is 1. The third-order valence-corrected chi connectivity index (χ3v) is 7.71. The van der Waals surface area contributed by atoms with Crippen molar-refractivity contribution in [2.45, 2.75) is 11.8 Å². The summed E-state index contributed by atoms with van der Waals surface area (Å²) in [5.41, 5.74) is 1.86. The van der Waals surface area contributed by atoms with Crippen LogP contribution in [0.2, 0.25) is 0 Å². The normalized spacial score (nSPS) is 15.3. The van der Waals surface area contributed by atoms with Gasteiger partial charge in [0.1, 0.15) is 4.88 Å². The fourth-order valence-corrected chi connectivity index (χ4v) is 5.68. The van der Waals surface area contributed by atoms with Gasteiger partial charge in [0.15, 0.2) is 0 Å². The van der Waals surface area contributed by atoms with Gasteiger partial charge in [-0.05, 0) is 48.2 Å². The van der Waals surface area contributed by atoms with E-state index in [2.05, 4.69) is 5.32 Å². The molecule has 4 rings (SSSR count). The predicted octanol–water partition coefficient (Wildman–Crippen LogP) is 3.12. The molecular formula is C20H21N3O4S2. The van der Waals surface area contributed by atoms with Gasteiger partial charge in [-0.25, -0.2) is 8.42 Å². The number of aromatic nitrogens is 1. The van der Waals surface area contributed by atoms with Gasteiger partial charge in [-0.2, -0.15) is 4.31 Å². The standard InChI is InChI=1S/C20H21N3O4S2/c1-15-4-5-16(14-18(15)29(25,26)23-9-11-27-12-10-23)21-20(24)19-17(6-13-28-19)22-7-2-3-8-22/h2-8,13-14H,9-12H2,1H3,(H,21,24). The highest BCUT2D eigenvalue weighted by atomic mass is 32.2. The number of nitrogens with zero attached hydrogens (tertiary/aromatic N) is 2. The average molecular weight is 432 g/mol. The van der Waals surface area contributed by atoms with Gasteiger partial charge < -0.3 is 14.6 Å². The third-order valence-electron chi connectivity index (χ3n) is 4.77. The van der Waals surface area contributed by atoms with Crippen molar-refractivity contribution in [3.05, 3.63) is 64.6 Å². The van der Waals surface area contributed by atoms with Crippen LogP contribution in [0.3, 0.4) is 0 Å². The van der Waals surface area contributed by atoms with Crippen molar-refractivity contribution in [2.24, 2.45) is 0 Å². The lowest BCUT2D eigenvalue weighted by molar-refractivity contribution is 0.0730. The maximum atomic E-state index is 13.0. The Labute approximate surface area is 173 Å². The van der Waals surface area contributed by atoms with E-state index in [9.17, 15) is 13.2 Å². The van der Waals surface area contributed by atoms with Crippen LogP contribution in [-0.4, -0.2) is 49.5 Å². The highest BCUT2D eigenvalue weighted by molar-refractivity contribution is 7.89. The molecule has 3 aromatic rings. The summed E-state index contributed by atoms with van der Waals surface area (Å²) in [6.45, 7) is 3.18. The van der Waals surface area contributed by atoms with Crippen LogP contribution in [0, 0.1) is 6.92 Å². The Kier molecular flexibility index (Phi) is 5.55. The second-order valence-electron chi connectivity index (χ2n) is 6.68. The van der Waals surface area contributed by atoms with Crippen LogP contribution in [0.1, 0.15) is 15.2 Å². The molecule has 1 aliphatic rings. The highest BCUT2D eigenvalue weighted by Crippen LogP contribution is 2.26. The molecule has 9 heteroatoms. The minimum Gasteiger partial charge on any atom is -0.379 e. The Bertz CT molecular complexity index is 1110. The number of nitrogens with one attached hydrogen (secondary N) is 1. The summed E-state index contributed by atoms with van der Waals surface area (Å²) in [7, 11) is -3.65. The first-order chi connectivity index (χ1) is 14.0. The zero-order valence-electron chi connectivity index (χ0n) is 15.9. The van der Waals surface area contributed by atoms with Crippen LogP contribution in [0.15, 0.2) is 59.1 Å². The number of carbonyl (C=O) groups excluding carboxylic acids is 1. The molecule has 1 N–H and O–H groups in total. The molecule has 2 aromatic heterocycles. The summed E-state index contributed by atoms with van der Waals surface area (Å²) in [4.78, 5) is 13.6. The SMILES string of the molecule is Cc1ccc(NC(=O)c2sccc2-n2cccc2)cc1S(=O)(=O)N1CCOCC1. The van der Waals surface area contributed by atoms with Gasteiger partial charge in [0.2, 0.25) is 10.0 Å². The number of rotatable bonds is 5. The molecule has 0 bridgehead atoms. The molecule has 152 valence electrons. The van der Waals surface area contributed by atoms with Gasteiger partial charge in [0.25, 0.3) is 5.91 Å². The summed E-state index contributed by atoms with van der Waals surface area (Å²) in [5.74, 6) is -0.276. The lowest BCUT2D eigenvalue weighted by atomic mass is 10.2. The molecule has 1 amide bonds. The molecule has 0 radical (unpaired) electrons. The number of aryl methyl sites for hydroxylation is 1. The molecule has 1 aliphatic heterocycles. The smallest absolute Gasteiger partial charge is 0.267 e. The number of carbonyl (C=O) groups is 1. The number of morpholine rings is 1. The lowest BCUT2D eigenvalue weighted by Gasteiger charge is -2.26. The van der Waals surface area contributed by atoms with E-state index in [-0.39, 0.29) is 10.8 Å². The molecule has 29 heavy (non-hydrogen) atoms. The summed E-state index contributed by atoms with van der Waals surface area (Å²) < 4.78 is 34.6. The van der Waals surface area contributed by atoms with Crippen molar-refractivity contribution in [3.63, 3.8) is 0 Å². The van der Waals surface area contributed by atoms with E-state index in [4.69, 9.17) is 4.74 Å². The zero-order chi connectivity index (χ0) is 20.4.